The first-order valence-electron chi connectivity index (χ1n) is 8.85. The quantitative estimate of drug-likeness (QED) is 0.404. The lowest BCUT2D eigenvalue weighted by Crippen LogP contribution is -2.58. The molecular formula is C19H17FN4O7. The molecule has 1 aliphatic heterocycles. The first-order valence-corrected chi connectivity index (χ1v) is 8.85. The zero-order valence-corrected chi connectivity index (χ0v) is 16.4. The highest BCUT2D eigenvalue weighted by Gasteiger charge is 2.40. The minimum atomic E-state index is -1.32. The Morgan fingerprint density at radius 2 is 1.90 bits per heavy atom. The zero-order valence-electron chi connectivity index (χ0n) is 16.4. The van der Waals surface area contributed by atoms with Crippen molar-refractivity contribution in [1.82, 2.24) is 5.32 Å². The number of nitro benzene ring substituents is 1. The van der Waals surface area contributed by atoms with Gasteiger partial charge in [0.25, 0.3) is 0 Å². The largest absolute Gasteiger partial charge is 0.493 e. The molecule has 1 atom stereocenters. The summed E-state index contributed by atoms with van der Waals surface area (Å²) in [6.07, 6.45) is 0. The van der Waals surface area contributed by atoms with Gasteiger partial charge in [-0.1, -0.05) is 0 Å². The maximum Gasteiger partial charge on any atom is 0.328 e. The summed E-state index contributed by atoms with van der Waals surface area (Å²) in [7, 11) is 2.81. The fourth-order valence-electron chi connectivity index (χ4n) is 2.98. The van der Waals surface area contributed by atoms with E-state index in [0.717, 1.165) is 23.1 Å². The average Bonchev–Trinajstić information content (AvgIpc) is 2.74. The lowest BCUT2D eigenvalue weighted by atomic mass is 10.0. The van der Waals surface area contributed by atoms with Crippen molar-refractivity contribution in [2.24, 2.45) is 5.92 Å². The number of amides is 4. The third-order valence-electron chi connectivity index (χ3n) is 4.53. The van der Waals surface area contributed by atoms with E-state index >= 15 is 0 Å². The Kier molecular flexibility index (Phi) is 6.00. The van der Waals surface area contributed by atoms with E-state index in [-0.39, 0.29) is 23.7 Å². The van der Waals surface area contributed by atoms with Gasteiger partial charge in [0.05, 0.1) is 24.8 Å². The van der Waals surface area contributed by atoms with E-state index in [4.69, 9.17) is 9.47 Å². The highest BCUT2D eigenvalue weighted by Crippen LogP contribution is 2.33. The number of hydrogen-bond acceptors (Lipinski definition) is 7. The molecule has 31 heavy (non-hydrogen) atoms. The van der Waals surface area contributed by atoms with Crippen molar-refractivity contribution >= 4 is 34.9 Å². The number of nitro groups is 1. The van der Waals surface area contributed by atoms with Crippen LogP contribution in [-0.4, -0.2) is 43.5 Å². The standard InChI is InChI=1S/C19H17FN4O7/c1-30-15-6-4-11(8-16(15)31-2)23-18(26)12(9-21-19(23)27)17(25)22-10-3-5-13(20)14(7-10)24(28)29/h3-8,12H,9H2,1-2H3,(H,21,27)(H,22,25). The molecule has 0 radical (unpaired) electrons. The van der Waals surface area contributed by atoms with Crippen molar-refractivity contribution < 1.29 is 33.2 Å². The third-order valence-corrected chi connectivity index (χ3v) is 4.53. The highest BCUT2D eigenvalue weighted by molar-refractivity contribution is 6.23. The Hall–Kier alpha value is -4.22. The maximum absolute atomic E-state index is 13.5. The van der Waals surface area contributed by atoms with Gasteiger partial charge in [-0.2, -0.15) is 4.39 Å². The molecular weight excluding hydrogens is 415 g/mol. The minimum Gasteiger partial charge on any atom is -0.493 e. The first-order chi connectivity index (χ1) is 14.8. The van der Waals surface area contributed by atoms with Crippen LogP contribution in [0.3, 0.4) is 0 Å². The fraction of sp³-hybridized carbons (Fsp3) is 0.211. The molecule has 1 unspecified atom stereocenters. The Morgan fingerprint density at radius 3 is 2.55 bits per heavy atom. The molecule has 12 heteroatoms. The van der Waals surface area contributed by atoms with E-state index in [1.807, 2.05) is 0 Å². The Labute approximate surface area is 174 Å². The summed E-state index contributed by atoms with van der Waals surface area (Å²) in [4.78, 5) is 48.6. The average molecular weight is 432 g/mol. The number of carbonyl (C=O) groups excluding carboxylic acids is 3. The molecule has 4 amide bonds. The predicted octanol–water partition coefficient (Wildman–Crippen LogP) is 2.06. The summed E-state index contributed by atoms with van der Waals surface area (Å²) in [5.41, 5.74) is -0.747. The van der Waals surface area contributed by atoms with E-state index in [1.54, 1.807) is 0 Å². The van der Waals surface area contributed by atoms with Crippen molar-refractivity contribution in [3.63, 3.8) is 0 Å². The summed E-state index contributed by atoms with van der Waals surface area (Å²) in [5, 5.41) is 15.7. The molecule has 2 N–H and O–H groups in total. The lowest BCUT2D eigenvalue weighted by Gasteiger charge is -2.31. The molecule has 0 saturated carbocycles. The predicted molar refractivity (Wildman–Crippen MR) is 106 cm³/mol. The van der Waals surface area contributed by atoms with Crippen molar-refractivity contribution in [2.45, 2.75) is 0 Å². The van der Waals surface area contributed by atoms with Crippen LogP contribution in [0.4, 0.5) is 26.2 Å². The van der Waals surface area contributed by atoms with Gasteiger partial charge in [0.2, 0.25) is 17.6 Å². The van der Waals surface area contributed by atoms with Gasteiger partial charge in [0.15, 0.2) is 11.5 Å². The van der Waals surface area contributed by atoms with Gasteiger partial charge in [-0.15, -0.1) is 0 Å². The lowest BCUT2D eigenvalue weighted by molar-refractivity contribution is -0.387. The number of carbonyl (C=O) groups is 3. The molecule has 1 heterocycles. The number of imide groups is 1. The first kappa shape index (κ1) is 21.5. The van der Waals surface area contributed by atoms with Crippen LogP contribution in [0.25, 0.3) is 0 Å². The van der Waals surface area contributed by atoms with Crippen molar-refractivity contribution in [1.29, 1.82) is 0 Å². The molecule has 0 aliphatic carbocycles. The van der Waals surface area contributed by atoms with Gasteiger partial charge in [0, 0.05) is 24.4 Å². The smallest absolute Gasteiger partial charge is 0.328 e. The third kappa shape index (κ3) is 4.22. The molecule has 1 aliphatic rings. The molecule has 11 nitrogen and oxygen atoms in total. The zero-order chi connectivity index (χ0) is 22.7. The van der Waals surface area contributed by atoms with Crippen molar-refractivity contribution in [2.75, 3.05) is 31.0 Å². The van der Waals surface area contributed by atoms with Gasteiger partial charge in [-0.3, -0.25) is 19.7 Å². The Balaban J connectivity index is 1.84. The van der Waals surface area contributed by atoms with Gasteiger partial charge < -0.3 is 20.1 Å². The molecule has 0 bridgehead atoms. The molecule has 1 saturated heterocycles. The second-order valence-electron chi connectivity index (χ2n) is 6.36. The van der Waals surface area contributed by atoms with E-state index < -0.39 is 40.2 Å². The molecule has 3 rings (SSSR count). The summed E-state index contributed by atoms with van der Waals surface area (Å²) >= 11 is 0. The maximum atomic E-state index is 13.5. The van der Waals surface area contributed by atoms with Gasteiger partial charge in [-0.25, -0.2) is 9.69 Å². The van der Waals surface area contributed by atoms with Gasteiger partial charge in [-0.05, 0) is 24.3 Å². The van der Waals surface area contributed by atoms with E-state index in [9.17, 15) is 28.9 Å². The number of anilines is 2. The number of nitrogens with one attached hydrogen (secondary N) is 2. The second-order valence-corrected chi connectivity index (χ2v) is 6.36. The summed E-state index contributed by atoms with van der Waals surface area (Å²) in [6, 6.07) is 6.40. The monoisotopic (exact) mass is 432 g/mol. The van der Waals surface area contributed by atoms with Crippen LogP contribution in [0.1, 0.15) is 0 Å². The van der Waals surface area contributed by atoms with Crippen molar-refractivity contribution in [3.8, 4) is 11.5 Å². The molecule has 0 aromatic heterocycles. The minimum absolute atomic E-state index is 0.0690. The van der Waals surface area contributed by atoms with Crippen LogP contribution < -0.4 is 25.0 Å². The number of ether oxygens (including phenoxy) is 2. The SMILES string of the molecule is COc1ccc(N2C(=O)NCC(C(=O)Nc3ccc(F)c([N+](=O)[O-])c3)C2=O)cc1OC. The van der Waals surface area contributed by atoms with E-state index in [2.05, 4.69) is 10.6 Å². The number of nitrogens with zero attached hydrogens (tertiary/aromatic N) is 2. The second kappa shape index (κ2) is 8.65. The number of urea groups is 1. The number of methoxy groups -OCH3 is 2. The molecule has 162 valence electrons. The summed E-state index contributed by atoms with van der Waals surface area (Å²) in [5.74, 6) is -3.38. The number of rotatable bonds is 6. The molecule has 0 spiro atoms. The van der Waals surface area contributed by atoms with Crippen LogP contribution in [-0.2, 0) is 9.59 Å². The topological polar surface area (TPSA) is 140 Å². The van der Waals surface area contributed by atoms with E-state index in [1.165, 1.54) is 32.4 Å². The number of benzene rings is 2. The number of halogens is 1. The summed E-state index contributed by atoms with van der Waals surface area (Å²) < 4.78 is 23.8. The highest BCUT2D eigenvalue weighted by atomic mass is 19.1. The fourth-order valence-corrected chi connectivity index (χ4v) is 2.98. The Bertz CT molecular complexity index is 1080. The molecule has 1 fully saturated rings. The van der Waals surface area contributed by atoms with Crippen LogP contribution in [0, 0.1) is 21.8 Å². The van der Waals surface area contributed by atoms with Crippen LogP contribution in [0.2, 0.25) is 0 Å². The molecule has 2 aromatic rings. The number of hydrogen-bond donors (Lipinski definition) is 2. The normalized spacial score (nSPS) is 15.8. The van der Waals surface area contributed by atoms with Crippen LogP contribution >= 0.6 is 0 Å². The van der Waals surface area contributed by atoms with Gasteiger partial charge >= 0.3 is 11.7 Å². The van der Waals surface area contributed by atoms with Crippen LogP contribution in [0.5, 0.6) is 11.5 Å². The Morgan fingerprint density at radius 1 is 1.19 bits per heavy atom. The van der Waals surface area contributed by atoms with Crippen LogP contribution in [0.15, 0.2) is 36.4 Å². The van der Waals surface area contributed by atoms with Gasteiger partial charge in [0.1, 0.15) is 5.92 Å². The van der Waals surface area contributed by atoms with E-state index in [0.29, 0.717) is 5.75 Å². The molecule has 2 aromatic carbocycles. The van der Waals surface area contributed by atoms with Crippen molar-refractivity contribution in [3.05, 3.63) is 52.3 Å². The summed E-state index contributed by atoms with van der Waals surface area (Å²) in [6.45, 7) is -0.281.